The molecule has 12 heteroatoms. The van der Waals surface area contributed by atoms with Crippen molar-refractivity contribution in [1.29, 1.82) is 5.41 Å². The Kier molecular flexibility index (Phi) is 8.69. The molecule has 1 heterocycles. The van der Waals surface area contributed by atoms with Crippen LogP contribution in [-0.2, 0) is 22.7 Å². The molecule has 1 atom stereocenters. The summed E-state index contributed by atoms with van der Waals surface area (Å²) in [6.45, 7) is 4.98. The highest BCUT2D eigenvalue weighted by Crippen LogP contribution is 2.27. The van der Waals surface area contributed by atoms with Gasteiger partial charge >= 0.3 is 5.97 Å². The fourth-order valence-electron chi connectivity index (χ4n) is 3.54. The summed E-state index contributed by atoms with van der Waals surface area (Å²) in [7, 11) is 0. The van der Waals surface area contributed by atoms with Crippen molar-refractivity contribution in [3.63, 3.8) is 0 Å². The Morgan fingerprint density at radius 3 is 2.45 bits per heavy atom. The van der Waals surface area contributed by atoms with Gasteiger partial charge in [-0.05, 0) is 38.5 Å². The number of ether oxygens (including phenoxy) is 1. The number of anilines is 2. The van der Waals surface area contributed by atoms with Gasteiger partial charge in [-0.25, -0.2) is 9.78 Å². The predicted octanol–water partition coefficient (Wildman–Crippen LogP) is 1.77. The highest BCUT2D eigenvalue weighted by molar-refractivity contribution is 5.94. The fourth-order valence-corrected chi connectivity index (χ4v) is 3.54. The molecule has 1 unspecified atom stereocenters. The van der Waals surface area contributed by atoms with Crippen LogP contribution in [0.15, 0.2) is 53.5 Å². The van der Waals surface area contributed by atoms with Gasteiger partial charge in [0.15, 0.2) is 11.9 Å². The molecule has 0 saturated heterocycles. The van der Waals surface area contributed by atoms with Gasteiger partial charge in [-0.15, -0.1) is 0 Å². The third-order valence-electron chi connectivity index (χ3n) is 5.42. The van der Waals surface area contributed by atoms with Crippen LogP contribution in [0.1, 0.15) is 31.9 Å². The Morgan fingerprint density at radius 2 is 1.84 bits per heavy atom. The van der Waals surface area contributed by atoms with E-state index in [1.54, 1.807) is 30.3 Å². The highest BCUT2D eigenvalue weighted by atomic mass is 16.5. The van der Waals surface area contributed by atoms with Crippen LogP contribution in [-0.4, -0.2) is 44.5 Å². The van der Waals surface area contributed by atoms with E-state index in [1.165, 1.54) is 29.8 Å². The zero-order chi connectivity index (χ0) is 28.0. The summed E-state index contributed by atoms with van der Waals surface area (Å²) in [6, 6.07) is 11.4. The number of aromatic nitrogens is 2. The number of aliphatic carboxylic acids is 1. The molecule has 1 amide bonds. The first-order chi connectivity index (χ1) is 17.9. The first-order valence-corrected chi connectivity index (χ1v) is 11.8. The van der Waals surface area contributed by atoms with Crippen molar-refractivity contribution < 1.29 is 19.4 Å². The Morgan fingerprint density at radius 1 is 1.16 bits per heavy atom. The van der Waals surface area contributed by atoms with Crippen LogP contribution in [0, 0.1) is 5.41 Å². The van der Waals surface area contributed by atoms with Crippen molar-refractivity contribution in [3.05, 3.63) is 70.1 Å². The summed E-state index contributed by atoms with van der Waals surface area (Å²) < 4.78 is 6.73. The number of rotatable bonds is 11. The van der Waals surface area contributed by atoms with Crippen molar-refractivity contribution in [3.8, 4) is 17.0 Å². The van der Waals surface area contributed by atoms with E-state index in [2.05, 4.69) is 15.6 Å². The second-order valence-electron chi connectivity index (χ2n) is 8.96. The Labute approximate surface area is 219 Å². The molecule has 3 aromatic rings. The molecule has 1 aromatic heterocycles. The van der Waals surface area contributed by atoms with E-state index in [4.69, 9.17) is 21.6 Å². The number of carboxylic acid groups (broad SMARTS) is 1. The number of nitrogens with zero attached hydrogens (tertiary/aromatic N) is 2. The van der Waals surface area contributed by atoms with Crippen molar-refractivity contribution in [1.82, 2.24) is 14.9 Å². The molecule has 0 aliphatic carbocycles. The SMILES string of the molecule is CC(C)Nc1ncc(-c2cc(N)cc(OC(C)C(=O)O)c2)n(CC(=O)NCc2ccc(C(=N)N)cc2)c1=O. The second kappa shape index (κ2) is 11.9. The minimum atomic E-state index is -1.15. The van der Waals surface area contributed by atoms with E-state index >= 15 is 0 Å². The third kappa shape index (κ3) is 7.09. The molecule has 0 saturated carbocycles. The largest absolute Gasteiger partial charge is 0.479 e. The number of nitrogens with two attached hydrogens (primary N) is 2. The monoisotopic (exact) mass is 521 g/mol. The lowest BCUT2D eigenvalue weighted by Crippen LogP contribution is -2.35. The molecule has 3 rings (SSSR count). The quantitative estimate of drug-likeness (QED) is 0.124. The first-order valence-electron chi connectivity index (χ1n) is 11.8. The van der Waals surface area contributed by atoms with Crippen LogP contribution in [0.3, 0.4) is 0 Å². The van der Waals surface area contributed by atoms with Gasteiger partial charge in [0.2, 0.25) is 5.91 Å². The van der Waals surface area contributed by atoms with Gasteiger partial charge in [-0.1, -0.05) is 24.3 Å². The van der Waals surface area contributed by atoms with Gasteiger partial charge < -0.3 is 31.9 Å². The standard InChI is InChI=1S/C26H31N7O5/c1-14(2)32-24-25(35)33(13-22(34)30-11-16-4-6-17(7-5-16)23(28)29)21(12-31-24)18-8-19(27)10-20(9-18)38-15(3)26(36)37/h4-10,12,14-15H,11,13,27H2,1-3H3,(H3,28,29)(H,30,34)(H,31,32)(H,36,37). The first kappa shape index (κ1) is 27.7. The lowest BCUT2D eigenvalue weighted by Gasteiger charge is -2.17. The molecule has 0 aliphatic heterocycles. The smallest absolute Gasteiger partial charge is 0.344 e. The number of carbonyl (C=O) groups is 2. The van der Waals surface area contributed by atoms with Crippen molar-refractivity contribution in [2.45, 2.75) is 46.0 Å². The predicted molar refractivity (Wildman–Crippen MR) is 144 cm³/mol. The third-order valence-corrected chi connectivity index (χ3v) is 5.42. The molecular formula is C26H31N7O5. The molecule has 8 N–H and O–H groups in total. The number of carbonyl (C=O) groups excluding carboxylic acids is 1. The van der Waals surface area contributed by atoms with Crippen LogP contribution in [0.25, 0.3) is 11.3 Å². The topological polar surface area (TPSA) is 198 Å². The molecular weight excluding hydrogens is 490 g/mol. The van der Waals surface area contributed by atoms with Gasteiger partial charge in [0.05, 0.1) is 11.9 Å². The summed E-state index contributed by atoms with van der Waals surface area (Å²) in [5.41, 5.74) is 13.3. The molecule has 0 aliphatic rings. The van der Waals surface area contributed by atoms with Crippen LogP contribution < -0.4 is 32.4 Å². The average Bonchev–Trinajstić information content (AvgIpc) is 2.84. The van der Waals surface area contributed by atoms with Crippen molar-refractivity contribution >= 4 is 29.2 Å². The van der Waals surface area contributed by atoms with E-state index < -0.39 is 23.5 Å². The molecule has 0 radical (unpaired) electrons. The molecule has 12 nitrogen and oxygen atoms in total. The summed E-state index contributed by atoms with van der Waals surface area (Å²) in [6.07, 6.45) is 0.317. The molecule has 200 valence electrons. The van der Waals surface area contributed by atoms with Crippen LogP contribution in [0.2, 0.25) is 0 Å². The van der Waals surface area contributed by atoms with E-state index in [-0.39, 0.29) is 42.2 Å². The van der Waals surface area contributed by atoms with Gasteiger partial charge in [-0.3, -0.25) is 19.6 Å². The normalized spacial score (nSPS) is 11.6. The number of amidine groups is 1. The zero-order valence-electron chi connectivity index (χ0n) is 21.3. The molecule has 0 bridgehead atoms. The Hall–Kier alpha value is -4.87. The summed E-state index contributed by atoms with van der Waals surface area (Å²) in [5.74, 6) is -1.36. The maximum Gasteiger partial charge on any atom is 0.344 e. The summed E-state index contributed by atoms with van der Waals surface area (Å²) >= 11 is 0. The van der Waals surface area contributed by atoms with Crippen molar-refractivity contribution in [2.24, 2.45) is 5.73 Å². The van der Waals surface area contributed by atoms with E-state index in [1.807, 2.05) is 13.8 Å². The van der Waals surface area contributed by atoms with Crippen LogP contribution in [0.4, 0.5) is 11.5 Å². The van der Waals surface area contributed by atoms with E-state index in [9.17, 15) is 19.5 Å². The zero-order valence-corrected chi connectivity index (χ0v) is 21.3. The average molecular weight is 522 g/mol. The van der Waals surface area contributed by atoms with Gasteiger partial charge in [0.25, 0.3) is 5.56 Å². The van der Waals surface area contributed by atoms with Crippen LogP contribution in [0.5, 0.6) is 5.75 Å². The van der Waals surface area contributed by atoms with Gasteiger partial charge in [0, 0.05) is 35.5 Å². The molecule has 2 aromatic carbocycles. The van der Waals surface area contributed by atoms with Gasteiger partial charge in [-0.2, -0.15) is 0 Å². The number of hydrogen-bond donors (Lipinski definition) is 6. The maximum absolute atomic E-state index is 13.3. The Bertz CT molecular complexity index is 1400. The highest BCUT2D eigenvalue weighted by Gasteiger charge is 2.18. The van der Waals surface area contributed by atoms with Gasteiger partial charge in [0.1, 0.15) is 18.1 Å². The maximum atomic E-state index is 13.3. The molecule has 0 fully saturated rings. The second-order valence-corrected chi connectivity index (χ2v) is 8.96. The number of hydrogen-bond acceptors (Lipinski definition) is 8. The van der Waals surface area contributed by atoms with E-state index in [0.717, 1.165) is 5.56 Å². The lowest BCUT2D eigenvalue weighted by molar-refractivity contribution is -0.144. The summed E-state index contributed by atoms with van der Waals surface area (Å²) in [5, 5.41) is 22.4. The number of nitrogen functional groups attached to an aromatic ring is 2. The lowest BCUT2D eigenvalue weighted by atomic mass is 10.1. The number of carboxylic acids is 1. The van der Waals surface area contributed by atoms with E-state index in [0.29, 0.717) is 16.8 Å². The fraction of sp³-hybridized carbons (Fsp3) is 0.269. The van der Waals surface area contributed by atoms with Crippen molar-refractivity contribution in [2.75, 3.05) is 11.1 Å². The summed E-state index contributed by atoms with van der Waals surface area (Å²) in [4.78, 5) is 41.7. The Balaban J connectivity index is 1.92. The molecule has 0 spiro atoms. The number of amides is 1. The van der Waals surface area contributed by atoms with Crippen LogP contribution >= 0.6 is 0 Å². The minimum absolute atomic E-state index is 0.0523. The number of nitrogens with one attached hydrogen (secondary N) is 3. The molecule has 38 heavy (non-hydrogen) atoms. The minimum Gasteiger partial charge on any atom is -0.479 e. The number of benzene rings is 2.